The second-order valence-electron chi connectivity index (χ2n) is 3.11. The molecule has 0 fully saturated rings. The summed E-state index contributed by atoms with van der Waals surface area (Å²) in [5.41, 5.74) is 1.83. The Labute approximate surface area is 73.4 Å². The highest BCUT2D eigenvalue weighted by Crippen LogP contribution is 2.20. The Morgan fingerprint density at radius 2 is 2.17 bits per heavy atom. The van der Waals surface area contributed by atoms with Gasteiger partial charge in [0, 0.05) is 0 Å². The maximum absolute atomic E-state index is 12.8. The minimum atomic E-state index is -0.137. The lowest BCUT2D eigenvalue weighted by Crippen LogP contribution is -1.93. The first kappa shape index (κ1) is 9.24. The lowest BCUT2D eigenvalue weighted by atomic mass is 9.97. The van der Waals surface area contributed by atoms with Crippen LogP contribution in [0.2, 0.25) is 0 Å². The summed E-state index contributed by atoms with van der Waals surface area (Å²) < 4.78 is 12.8. The van der Waals surface area contributed by atoms with Crippen molar-refractivity contribution in [2.24, 2.45) is 0 Å². The predicted octanol–water partition coefficient (Wildman–Crippen LogP) is 3.46. The zero-order valence-corrected chi connectivity index (χ0v) is 7.60. The van der Waals surface area contributed by atoms with E-state index < -0.39 is 0 Å². The van der Waals surface area contributed by atoms with E-state index in [1.54, 1.807) is 6.92 Å². The first-order chi connectivity index (χ1) is 5.65. The van der Waals surface area contributed by atoms with Gasteiger partial charge in [0.15, 0.2) is 0 Å². The topological polar surface area (TPSA) is 0 Å². The van der Waals surface area contributed by atoms with Crippen molar-refractivity contribution in [1.29, 1.82) is 0 Å². The van der Waals surface area contributed by atoms with E-state index in [4.69, 9.17) is 0 Å². The summed E-state index contributed by atoms with van der Waals surface area (Å²) in [6.45, 7) is 7.83. The lowest BCUT2D eigenvalue weighted by molar-refractivity contribution is 0.616. The van der Waals surface area contributed by atoms with Gasteiger partial charge in [0.1, 0.15) is 5.82 Å². The summed E-state index contributed by atoms with van der Waals surface area (Å²) in [4.78, 5) is 0. The molecule has 1 rings (SSSR count). The molecule has 0 amide bonds. The minimum absolute atomic E-state index is 0.137. The van der Waals surface area contributed by atoms with E-state index in [1.165, 1.54) is 6.07 Å². The monoisotopic (exact) mass is 165 g/mol. The predicted molar refractivity (Wildman–Crippen MR) is 49.5 cm³/mol. The fourth-order valence-corrected chi connectivity index (χ4v) is 1.16. The number of hydrogen-bond donors (Lipinski definition) is 0. The van der Waals surface area contributed by atoms with Crippen molar-refractivity contribution in [2.45, 2.75) is 26.2 Å². The van der Waals surface area contributed by atoms with Crippen LogP contribution >= 0.6 is 0 Å². The molecule has 1 heteroatoms. The lowest BCUT2D eigenvalue weighted by Gasteiger charge is -2.09. The average molecular weight is 165 g/mol. The summed E-state index contributed by atoms with van der Waals surface area (Å²) in [5.74, 6) is 0.145. The van der Waals surface area contributed by atoms with Crippen molar-refractivity contribution in [3.05, 3.63) is 42.1 Å². The summed E-state index contributed by atoms with van der Waals surface area (Å²) in [7, 11) is 0. The summed E-state index contributed by atoms with van der Waals surface area (Å²) in [6.07, 6.45) is 0.991. The highest BCUT2D eigenvalue weighted by molar-refractivity contribution is 5.27. The smallest absolute Gasteiger partial charge is 0.126 e. The molecule has 0 saturated carbocycles. The van der Waals surface area contributed by atoms with Crippen molar-refractivity contribution in [3.8, 4) is 0 Å². The molecule has 0 N–H and O–H groups in total. The third-order valence-corrected chi connectivity index (χ3v) is 2.15. The van der Waals surface area contributed by atoms with Gasteiger partial charge in [0.2, 0.25) is 0 Å². The molecule has 65 valence electrons. The fourth-order valence-electron chi connectivity index (χ4n) is 1.16. The molecule has 1 radical (unpaired) electrons. The standard InChI is InChI=1S/C11H14F/c1-4-8(2)10-5-6-11(12)9(3)7-10/h5-8H,2,4H2,1,3H3. The van der Waals surface area contributed by atoms with Crippen molar-refractivity contribution >= 4 is 0 Å². The highest BCUT2D eigenvalue weighted by atomic mass is 19.1. The SMILES string of the molecule is [CH2]C(CC)c1ccc(F)c(C)c1. The second kappa shape index (κ2) is 3.70. The van der Waals surface area contributed by atoms with Gasteiger partial charge in [-0.25, -0.2) is 4.39 Å². The van der Waals surface area contributed by atoms with Gasteiger partial charge in [-0.3, -0.25) is 0 Å². The zero-order chi connectivity index (χ0) is 9.14. The molecule has 0 bridgehead atoms. The van der Waals surface area contributed by atoms with E-state index in [0.29, 0.717) is 5.56 Å². The number of aryl methyl sites for hydroxylation is 1. The third kappa shape index (κ3) is 1.84. The van der Waals surface area contributed by atoms with Crippen LogP contribution in [0.5, 0.6) is 0 Å². The van der Waals surface area contributed by atoms with Crippen LogP contribution in [0.4, 0.5) is 4.39 Å². The molecule has 12 heavy (non-hydrogen) atoms. The van der Waals surface area contributed by atoms with E-state index in [-0.39, 0.29) is 11.7 Å². The Balaban J connectivity index is 2.96. The molecule has 0 saturated heterocycles. The Morgan fingerprint density at radius 1 is 1.50 bits per heavy atom. The second-order valence-corrected chi connectivity index (χ2v) is 3.11. The molecule has 0 heterocycles. The summed E-state index contributed by atoms with van der Waals surface area (Å²) in [5, 5.41) is 0. The Bertz CT molecular complexity index is 266. The molecule has 0 nitrogen and oxygen atoms in total. The van der Waals surface area contributed by atoms with Gasteiger partial charge in [-0.1, -0.05) is 19.1 Å². The Morgan fingerprint density at radius 3 is 2.67 bits per heavy atom. The van der Waals surface area contributed by atoms with E-state index in [1.807, 2.05) is 12.1 Å². The highest BCUT2D eigenvalue weighted by Gasteiger charge is 2.04. The van der Waals surface area contributed by atoms with E-state index >= 15 is 0 Å². The van der Waals surface area contributed by atoms with Crippen LogP contribution in [0.25, 0.3) is 0 Å². The maximum atomic E-state index is 12.8. The molecule has 0 spiro atoms. The van der Waals surface area contributed by atoms with Crippen LogP contribution in [0, 0.1) is 19.7 Å². The fraction of sp³-hybridized carbons (Fsp3) is 0.364. The molecule has 1 atom stereocenters. The number of hydrogen-bond acceptors (Lipinski definition) is 0. The number of halogens is 1. The molecule has 0 aliphatic heterocycles. The van der Waals surface area contributed by atoms with Crippen LogP contribution in [0.1, 0.15) is 30.4 Å². The first-order valence-electron chi connectivity index (χ1n) is 4.24. The van der Waals surface area contributed by atoms with Gasteiger partial charge in [-0.05, 0) is 43.4 Å². The van der Waals surface area contributed by atoms with Gasteiger partial charge in [-0.15, -0.1) is 0 Å². The molecule has 0 aromatic heterocycles. The van der Waals surface area contributed by atoms with Crippen LogP contribution < -0.4 is 0 Å². The zero-order valence-electron chi connectivity index (χ0n) is 7.60. The molecular weight excluding hydrogens is 151 g/mol. The van der Waals surface area contributed by atoms with Gasteiger partial charge >= 0.3 is 0 Å². The molecule has 1 unspecified atom stereocenters. The van der Waals surface area contributed by atoms with Gasteiger partial charge < -0.3 is 0 Å². The molecule has 1 aromatic carbocycles. The molecular formula is C11H14F. The number of rotatable bonds is 2. The van der Waals surface area contributed by atoms with E-state index in [9.17, 15) is 4.39 Å². The molecule has 1 aromatic rings. The maximum Gasteiger partial charge on any atom is 0.126 e. The van der Waals surface area contributed by atoms with Gasteiger partial charge in [-0.2, -0.15) is 0 Å². The van der Waals surface area contributed by atoms with Crippen LogP contribution in [-0.2, 0) is 0 Å². The van der Waals surface area contributed by atoms with Crippen molar-refractivity contribution < 1.29 is 4.39 Å². The third-order valence-electron chi connectivity index (χ3n) is 2.15. The first-order valence-corrected chi connectivity index (χ1v) is 4.24. The van der Waals surface area contributed by atoms with Crippen LogP contribution in [0.15, 0.2) is 18.2 Å². The summed E-state index contributed by atoms with van der Waals surface area (Å²) in [6, 6.07) is 5.19. The van der Waals surface area contributed by atoms with Crippen molar-refractivity contribution in [3.63, 3.8) is 0 Å². The quantitative estimate of drug-likeness (QED) is 0.629. The average Bonchev–Trinajstić information content (AvgIpc) is 2.08. The summed E-state index contributed by atoms with van der Waals surface area (Å²) >= 11 is 0. The van der Waals surface area contributed by atoms with E-state index in [2.05, 4.69) is 13.8 Å². The number of benzene rings is 1. The van der Waals surface area contributed by atoms with Crippen molar-refractivity contribution in [2.75, 3.05) is 0 Å². The largest absolute Gasteiger partial charge is 0.207 e. The van der Waals surface area contributed by atoms with Crippen LogP contribution in [0.3, 0.4) is 0 Å². The van der Waals surface area contributed by atoms with Crippen molar-refractivity contribution in [1.82, 2.24) is 0 Å². The van der Waals surface area contributed by atoms with E-state index in [0.717, 1.165) is 12.0 Å². The minimum Gasteiger partial charge on any atom is -0.207 e. The Hall–Kier alpha value is -0.850. The molecule has 0 aliphatic rings. The normalized spacial score (nSPS) is 13.0. The molecule has 0 aliphatic carbocycles. The Kier molecular flexibility index (Phi) is 2.85. The van der Waals surface area contributed by atoms with Crippen LogP contribution in [-0.4, -0.2) is 0 Å². The van der Waals surface area contributed by atoms with Gasteiger partial charge in [0.25, 0.3) is 0 Å². The van der Waals surface area contributed by atoms with Gasteiger partial charge in [0.05, 0.1) is 0 Å².